The van der Waals surface area contributed by atoms with Crippen LogP contribution in [0.15, 0.2) is 83.8 Å². The first-order valence-corrected chi connectivity index (χ1v) is 11.4. The Labute approximate surface area is 183 Å². The number of carbonyl (C=O) groups excluding carboxylic acids is 1. The number of hydrogen-bond donors (Lipinski definition) is 1. The molecule has 0 heterocycles. The summed E-state index contributed by atoms with van der Waals surface area (Å²) in [4.78, 5) is 13.3. The second kappa shape index (κ2) is 9.66. The van der Waals surface area contributed by atoms with E-state index in [2.05, 4.69) is 5.32 Å². The molecule has 31 heavy (non-hydrogen) atoms. The van der Waals surface area contributed by atoms with Crippen molar-refractivity contribution in [1.82, 2.24) is 5.32 Å². The van der Waals surface area contributed by atoms with Gasteiger partial charge in [-0.05, 0) is 48.4 Å². The van der Waals surface area contributed by atoms with Crippen molar-refractivity contribution in [3.63, 3.8) is 0 Å². The van der Waals surface area contributed by atoms with Crippen molar-refractivity contribution in [2.45, 2.75) is 24.3 Å². The minimum Gasteiger partial charge on any atom is -0.497 e. The lowest BCUT2D eigenvalue weighted by Gasteiger charge is -2.23. The summed E-state index contributed by atoms with van der Waals surface area (Å²) in [6.07, 6.45) is 0.679. The Kier molecular flexibility index (Phi) is 6.97. The van der Waals surface area contributed by atoms with E-state index in [1.165, 1.54) is 19.2 Å². The summed E-state index contributed by atoms with van der Waals surface area (Å²) >= 11 is 0. The Morgan fingerprint density at radius 2 is 1.58 bits per heavy atom. The Balaban J connectivity index is 1.89. The van der Waals surface area contributed by atoms with Crippen molar-refractivity contribution in [2.24, 2.45) is 0 Å². The van der Waals surface area contributed by atoms with Crippen LogP contribution >= 0.6 is 0 Å². The predicted octanol–water partition coefficient (Wildman–Crippen LogP) is 4.40. The number of nitrogens with one attached hydrogen (secondary N) is 1. The van der Waals surface area contributed by atoms with Gasteiger partial charge in [-0.3, -0.25) is 9.10 Å². The fourth-order valence-corrected chi connectivity index (χ4v) is 4.55. The van der Waals surface area contributed by atoms with Gasteiger partial charge in [0.15, 0.2) is 0 Å². The third-order valence-corrected chi connectivity index (χ3v) is 6.91. The van der Waals surface area contributed by atoms with E-state index in [1.807, 2.05) is 31.2 Å². The topological polar surface area (TPSA) is 75.7 Å². The van der Waals surface area contributed by atoms with E-state index in [1.54, 1.807) is 49.6 Å². The van der Waals surface area contributed by atoms with E-state index in [0.29, 0.717) is 12.1 Å². The number of benzene rings is 3. The Hall–Kier alpha value is -3.32. The van der Waals surface area contributed by atoms with Crippen LogP contribution in [0.5, 0.6) is 5.75 Å². The van der Waals surface area contributed by atoms with Gasteiger partial charge in [-0.25, -0.2) is 8.42 Å². The molecule has 3 aromatic carbocycles. The molecule has 0 saturated heterocycles. The van der Waals surface area contributed by atoms with Gasteiger partial charge in [0.2, 0.25) is 0 Å². The standard InChI is InChI=1S/C24H26N2O4S/c1-4-22(18-14-16-19(30-3)17-15-18)25-24(27)21-12-8-9-13-23(21)26(2)31(28,29)20-10-6-5-7-11-20/h5-17,22H,4H2,1-3H3,(H,25,27)/t22-/m1/s1. The molecule has 0 aromatic heterocycles. The average molecular weight is 439 g/mol. The van der Waals surface area contributed by atoms with Gasteiger partial charge in [-0.1, -0.05) is 49.4 Å². The maximum absolute atomic E-state index is 13.1. The number of methoxy groups -OCH3 is 1. The van der Waals surface area contributed by atoms with Gasteiger partial charge in [-0.15, -0.1) is 0 Å². The number of rotatable bonds is 8. The van der Waals surface area contributed by atoms with E-state index in [0.717, 1.165) is 15.6 Å². The molecular formula is C24H26N2O4S. The molecule has 3 aromatic rings. The molecular weight excluding hydrogens is 412 g/mol. The molecule has 1 atom stereocenters. The summed E-state index contributed by atoms with van der Waals surface area (Å²) in [5, 5.41) is 3.02. The highest BCUT2D eigenvalue weighted by Crippen LogP contribution is 2.27. The molecule has 0 fully saturated rings. The maximum Gasteiger partial charge on any atom is 0.264 e. The number of para-hydroxylation sites is 1. The molecule has 162 valence electrons. The van der Waals surface area contributed by atoms with Crippen molar-refractivity contribution in [1.29, 1.82) is 0 Å². The second-order valence-electron chi connectivity index (χ2n) is 7.01. The Morgan fingerprint density at radius 1 is 0.968 bits per heavy atom. The molecule has 0 aliphatic heterocycles. The van der Waals surface area contributed by atoms with Gasteiger partial charge < -0.3 is 10.1 Å². The molecule has 0 radical (unpaired) electrons. The highest BCUT2D eigenvalue weighted by atomic mass is 32.2. The normalized spacial score (nSPS) is 12.1. The molecule has 3 rings (SSSR count). The first kappa shape index (κ1) is 22.4. The summed E-state index contributed by atoms with van der Waals surface area (Å²) in [6.45, 7) is 1.98. The largest absolute Gasteiger partial charge is 0.497 e. The van der Waals surface area contributed by atoms with Gasteiger partial charge in [0, 0.05) is 7.05 Å². The van der Waals surface area contributed by atoms with Crippen molar-refractivity contribution in [3.05, 3.63) is 90.0 Å². The molecule has 0 unspecified atom stereocenters. The second-order valence-corrected chi connectivity index (χ2v) is 8.98. The number of amides is 1. The van der Waals surface area contributed by atoms with Crippen LogP contribution in [0.3, 0.4) is 0 Å². The van der Waals surface area contributed by atoms with E-state index >= 15 is 0 Å². The lowest BCUT2D eigenvalue weighted by atomic mass is 10.0. The van der Waals surface area contributed by atoms with Crippen LogP contribution < -0.4 is 14.4 Å². The zero-order chi connectivity index (χ0) is 22.4. The zero-order valence-electron chi connectivity index (χ0n) is 17.8. The number of ether oxygens (including phenoxy) is 1. The smallest absolute Gasteiger partial charge is 0.264 e. The van der Waals surface area contributed by atoms with Crippen LogP contribution in [0.25, 0.3) is 0 Å². The van der Waals surface area contributed by atoms with Gasteiger partial charge in [-0.2, -0.15) is 0 Å². The summed E-state index contributed by atoms with van der Waals surface area (Å²) in [6, 6.07) is 22.1. The fraction of sp³-hybridized carbons (Fsp3) is 0.208. The summed E-state index contributed by atoms with van der Waals surface area (Å²) in [5.74, 6) is 0.399. The number of anilines is 1. The monoisotopic (exact) mass is 438 g/mol. The molecule has 1 amide bonds. The third kappa shape index (κ3) is 4.88. The van der Waals surface area contributed by atoms with Crippen LogP contribution in [-0.2, 0) is 10.0 Å². The lowest BCUT2D eigenvalue weighted by molar-refractivity contribution is 0.0936. The van der Waals surface area contributed by atoms with Crippen LogP contribution in [0.1, 0.15) is 35.3 Å². The van der Waals surface area contributed by atoms with E-state index < -0.39 is 10.0 Å². The Morgan fingerprint density at radius 3 is 2.19 bits per heavy atom. The van der Waals surface area contributed by atoms with Gasteiger partial charge in [0.25, 0.3) is 15.9 Å². The molecule has 1 N–H and O–H groups in total. The fourth-order valence-electron chi connectivity index (χ4n) is 3.31. The van der Waals surface area contributed by atoms with E-state index in [-0.39, 0.29) is 22.4 Å². The van der Waals surface area contributed by atoms with Gasteiger partial charge >= 0.3 is 0 Å². The van der Waals surface area contributed by atoms with Crippen LogP contribution in [0.4, 0.5) is 5.69 Å². The average Bonchev–Trinajstić information content (AvgIpc) is 2.82. The maximum atomic E-state index is 13.1. The van der Waals surface area contributed by atoms with Gasteiger partial charge in [0.05, 0.1) is 29.3 Å². The van der Waals surface area contributed by atoms with Crippen molar-refractivity contribution in [3.8, 4) is 5.75 Å². The highest BCUT2D eigenvalue weighted by Gasteiger charge is 2.25. The van der Waals surface area contributed by atoms with Crippen molar-refractivity contribution >= 4 is 21.6 Å². The molecule has 0 bridgehead atoms. The number of nitrogens with zero attached hydrogens (tertiary/aromatic N) is 1. The molecule has 0 saturated carbocycles. The predicted molar refractivity (Wildman–Crippen MR) is 122 cm³/mol. The van der Waals surface area contributed by atoms with E-state index in [9.17, 15) is 13.2 Å². The van der Waals surface area contributed by atoms with Crippen molar-refractivity contribution in [2.75, 3.05) is 18.5 Å². The van der Waals surface area contributed by atoms with Gasteiger partial charge in [0.1, 0.15) is 5.75 Å². The SMILES string of the molecule is CC[C@@H](NC(=O)c1ccccc1N(C)S(=O)(=O)c1ccccc1)c1ccc(OC)cc1. The number of carbonyl (C=O) groups is 1. The van der Waals surface area contributed by atoms with Crippen LogP contribution in [-0.4, -0.2) is 28.5 Å². The summed E-state index contributed by atoms with van der Waals surface area (Å²) in [7, 11) is -0.747. The number of hydrogen-bond acceptors (Lipinski definition) is 4. The highest BCUT2D eigenvalue weighted by molar-refractivity contribution is 7.92. The van der Waals surface area contributed by atoms with Crippen LogP contribution in [0, 0.1) is 0 Å². The molecule has 6 nitrogen and oxygen atoms in total. The Bertz CT molecular complexity index is 1130. The first-order valence-electron chi connectivity index (χ1n) is 9.96. The minimum atomic E-state index is -3.80. The molecule has 0 spiro atoms. The molecule has 0 aliphatic rings. The lowest BCUT2D eigenvalue weighted by Crippen LogP contribution is -2.32. The quantitative estimate of drug-likeness (QED) is 0.566. The number of sulfonamides is 1. The summed E-state index contributed by atoms with van der Waals surface area (Å²) in [5.41, 5.74) is 1.55. The first-order chi connectivity index (χ1) is 14.9. The summed E-state index contributed by atoms with van der Waals surface area (Å²) < 4.78 is 32.4. The molecule has 0 aliphatic carbocycles. The zero-order valence-corrected chi connectivity index (χ0v) is 18.6. The van der Waals surface area contributed by atoms with E-state index in [4.69, 9.17) is 4.74 Å². The van der Waals surface area contributed by atoms with Crippen LogP contribution in [0.2, 0.25) is 0 Å². The third-order valence-electron chi connectivity index (χ3n) is 5.12. The van der Waals surface area contributed by atoms with Crippen molar-refractivity contribution < 1.29 is 17.9 Å². The molecule has 7 heteroatoms. The minimum absolute atomic E-state index is 0.164.